The number of nitrogens with zero attached hydrogens (tertiary/aromatic N) is 1. The Morgan fingerprint density at radius 2 is 2.23 bits per heavy atom. The van der Waals surface area contributed by atoms with Crippen LogP contribution in [-0.2, 0) is 14.3 Å². The highest BCUT2D eigenvalue weighted by molar-refractivity contribution is 5.95. The first kappa shape index (κ1) is 20.0. The zero-order chi connectivity index (χ0) is 19.1. The molecule has 1 fully saturated rings. The molecule has 1 aromatic carbocycles. The molecule has 8 nitrogen and oxygen atoms in total. The van der Waals surface area contributed by atoms with E-state index in [-0.39, 0.29) is 29.8 Å². The van der Waals surface area contributed by atoms with Crippen LogP contribution in [0.3, 0.4) is 0 Å². The Labute approximate surface area is 148 Å². The molecule has 1 aromatic rings. The molecular weight excluding hydrogens is 354 g/mol. The van der Waals surface area contributed by atoms with Gasteiger partial charge >= 0.3 is 6.61 Å². The minimum atomic E-state index is -3.13. The maximum Gasteiger partial charge on any atom is 0.387 e. The first-order valence-corrected chi connectivity index (χ1v) is 8.14. The van der Waals surface area contributed by atoms with Gasteiger partial charge < -0.3 is 19.5 Å². The molecule has 0 spiro atoms. The number of amides is 1. The van der Waals surface area contributed by atoms with Gasteiger partial charge in [0.05, 0.1) is 23.3 Å². The Morgan fingerprint density at radius 1 is 1.46 bits per heavy atom. The van der Waals surface area contributed by atoms with Crippen LogP contribution in [0.5, 0.6) is 5.75 Å². The highest BCUT2D eigenvalue weighted by Crippen LogP contribution is 2.30. The van der Waals surface area contributed by atoms with E-state index in [9.17, 15) is 23.7 Å². The second-order valence-corrected chi connectivity index (χ2v) is 5.77. The van der Waals surface area contributed by atoms with E-state index >= 15 is 0 Å². The molecule has 0 aliphatic carbocycles. The monoisotopic (exact) mass is 374 g/mol. The molecule has 26 heavy (non-hydrogen) atoms. The van der Waals surface area contributed by atoms with Crippen LogP contribution >= 0.6 is 0 Å². The maximum atomic E-state index is 12.5. The number of hydrogen-bond donors (Lipinski definition) is 1. The van der Waals surface area contributed by atoms with Gasteiger partial charge in [-0.15, -0.1) is 0 Å². The third-order valence-electron chi connectivity index (χ3n) is 3.82. The fourth-order valence-electron chi connectivity index (χ4n) is 2.43. The molecule has 2 rings (SSSR count). The number of nitro groups is 1. The van der Waals surface area contributed by atoms with Gasteiger partial charge in [-0.25, -0.2) is 0 Å². The molecule has 1 amide bonds. The molecule has 1 N–H and O–H groups in total. The molecule has 0 bridgehead atoms. The average Bonchev–Trinajstić information content (AvgIpc) is 2.61. The van der Waals surface area contributed by atoms with Gasteiger partial charge in [0.1, 0.15) is 11.9 Å². The predicted octanol–water partition coefficient (Wildman–Crippen LogP) is 3.11. The minimum absolute atomic E-state index is 0.0884. The number of hydrogen-bond acceptors (Lipinski definition) is 6. The molecule has 1 heterocycles. The third kappa shape index (κ3) is 5.88. The number of alkyl halides is 2. The van der Waals surface area contributed by atoms with Crippen molar-refractivity contribution in [3.05, 3.63) is 28.3 Å². The van der Waals surface area contributed by atoms with Crippen LogP contribution in [0, 0.1) is 10.1 Å². The number of ether oxygens (including phenoxy) is 3. The summed E-state index contributed by atoms with van der Waals surface area (Å²) in [7, 11) is 0. The normalized spacial score (nSPS) is 18.4. The van der Waals surface area contributed by atoms with Crippen molar-refractivity contribution >= 4 is 17.3 Å². The fourth-order valence-corrected chi connectivity index (χ4v) is 2.43. The molecular formula is C16H20F2N2O6. The van der Waals surface area contributed by atoms with E-state index in [0.29, 0.717) is 6.61 Å². The lowest BCUT2D eigenvalue weighted by atomic mass is 10.1. The van der Waals surface area contributed by atoms with Gasteiger partial charge in [0.15, 0.2) is 0 Å². The van der Waals surface area contributed by atoms with E-state index in [0.717, 1.165) is 37.5 Å². The summed E-state index contributed by atoms with van der Waals surface area (Å²) in [4.78, 5) is 22.4. The van der Waals surface area contributed by atoms with Crippen LogP contribution in [0.15, 0.2) is 18.2 Å². The van der Waals surface area contributed by atoms with E-state index in [1.807, 2.05) is 0 Å². The number of nitro benzene ring substituents is 1. The summed E-state index contributed by atoms with van der Waals surface area (Å²) in [5, 5.41) is 13.2. The molecule has 0 aromatic heterocycles. The highest BCUT2D eigenvalue weighted by Gasteiger charge is 2.22. The molecule has 0 radical (unpaired) electrons. The number of benzene rings is 1. The Morgan fingerprint density at radius 3 is 2.85 bits per heavy atom. The van der Waals surface area contributed by atoms with Crippen molar-refractivity contribution in [3.63, 3.8) is 0 Å². The number of halogens is 2. The summed E-state index contributed by atoms with van der Waals surface area (Å²) in [5.41, 5.74) is -0.597. The van der Waals surface area contributed by atoms with Crippen LogP contribution in [-0.4, -0.2) is 42.9 Å². The van der Waals surface area contributed by atoms with Crippen LogP contribution in [0.4, 0.5) is 20.2 Å². The lowest BCUT2D eigenvalue weighted by Gasteiger charge is -2.24. The largest absolute Gasteiger partial charge is 0.433 e. The summed E-state index contributed by atoms with van der Waals surface area (Å²) in [6.45, 7) is -0.770. The Bertz CT molecular complexity index is 637. The molecule has 144 valence electrons. The third-order valence-corrected chi connectivity index (χ3v) is 3.82. The van der Waals surface area contributed by atoms with E-state index in [2.05, 4.69) is 10.1 Å². The predicted molar refractivity (Wildman–Crippen MR) is 87.4 cm³/mol. The number of anilines is 1. The molecule has 1 aliphatic rings. The minimum Gasteiger partial charge on any atom is -0.433 e. The van der Waals surface area contributed by atoms with Crippen LogP contribution in [0.1, 0.15) is 26.2 Å². The molecule has 10 heteroatoms. The molecule has 2 atom stereocenters. The lowest BCUT2D eigenvalue weighted by Crippen LogP contribution is -2.32. The van der Waals surface area contributed by atoms with Gasteiger partial charge in [-0.05, 0) is 32.3 Å². The van der Waals surface area contributed by atoms with Gasteiger partial charge in [-0.2, -0.15) is 8.78 Å². The first-order valence-electron chi connectivity index (χ1n) is 8.14. The SMILES string of the molecule is CC(OCC1CCCCO1)C(=O)Nc1cc([N+](=O)[O-])ccc1OC(F)F. The summed E-state index contributed by atoms with van der Waals surface area (Å²) >= 11 is 0. The number of nitrogens with one attached hydrogen (secondary N) is 1. The van der Waals surface area contributed by atoms with E-state index in [1.54, 1.807) is 0 Å². The van der Waals surface area contributed by atoms with E-state index in [1.165, 1.54) is 6.92 Å². The van der Waals surface area contributed by atoms with Crippen molar-refractivity contribution in [2.24, 2.45) is 0 Å². The quantitative estimate of drug-likeness (QED) is 0.554. The summed E-state index contributed by atoms with van der Waals surface area (Å²) in [5.74, 6) is -1.01. The molecule has 1 aliphatic heterocycles. The first-order chi connectivity index (χ1) is 12.4. The van der Waals surface area contributed by atoms with Gasteiger partial charge in [0.2, 0.25) is 0 Å². The zero-order valence-corrected chi connectivity index (χ0v) is 14.2. The Hall–Kier alpha value is -2.33. The van der Waals surface area contributed by atoms with Crippen molar-refractivity contribution in [1.82, 2.24) is 0 Å². The maximum absolute atomic E-state index is 12.5. The van der Waals surface area contributed by atoms with Crippen LogP contribution in [0.2, 0.25) is 0 Å². The molecule has 1 saturated heterocycles. The van der Waals surface area contributed by atoms with Crippen molar-refractivity contribution in [3.8, 4) is 5.75 Å². The number of non-ortho nitro benzene ring substituents is 1. The lowest BCUT2D eigenvalue weighted by molar-refractivity contribution is -0.384. The van der Waals surface area contributed by atoms with Crippen LogP contribution in [0.25, 0.3) is 0 Å². The van der Waals surface area contributed by atoms with Gasteiger partial charge in [-0.3, -0.25) is 14.9 Å². The van der Waals surface area contributed by atoms with Gasteiger partial charge in [-0.1, -0.05) is 0 Å². The summed E-state index contributed by atoms with van der Waals surface area (Å²) in [6, 6.07) is 2.96. The second kappa shape index (κ2) is 9.39. The van der Waals surface area contributed by atoms with Crippen molar-refractivity contribution in [2.75, 3.05) is 18.5 Å². The average molecular weight is 374 g/mol. The van der Waals surface area contributed by atoms with E-state index < -0.39 is 23.5 Å². The fraction of sp³-hybridized carbons (Fsp3) is 0.562. The van der Waals surface area contributed by atoms with Gasteiger partial charge in [0.25, 0.3) is 11.6 Å². The number of carbonyl (C=O) groups is 1. The smallest absolute Gasteiger partial charge is 0.387 e. The second-order valence-electron chi connectivity index (χ2n) is 5.77. The number of rotatable bonds is 8. The van der Waals surface area contributed by atoms with Gasteiger partial charge in [0, 0.05) is 18.7 Å². The van der Waals surface area contributed by atoms with Crippen LogP contribution < -0.4 is 10.1 Å². The topological polar surface area (TPSA) is 99.9 Å². The summed E-state index contributed by atoms with van der Waals surface area (Å²) < 4.78 is 40.2. The van der Waals surface area contributed by atoms with E-state index in [4.69, 9.17) is 9.47 Å². The van der Waals surface area contributed by atoms with Crippen molar-refractivity contribution in [1.29, 1.82) is 0 Å². The molecule has 2 unspecified atom stereocenters. The Balaban J connectivity index is 2.00. The number of carbonyl (C=O) groups excluding carboxylic acids is 1. The Kier molecular flexibility index (Phi) is 7.22. The highest BCUT2D eigenvalue weighted by atomic mass is 19.3. The standard InChI is InChI=1S/C16H20F2N2O6/c1-10(25-9-12-4-2-3-7-24-12)15(21)19-13-8-11(20(22)23)5-6-14(13)26-16(17)18/h5-6,8,10,12,16H,2-4,7,9H2,1H3,(H,19,21). The zero-order valence-electron chi connectivity index (χ0n) is 14.2. The molecule has 0 saturated carbocycles. The summed E-state index contributed by atoms with van der Waals surface area (Å²) in [6.07, 6.45) is 1.86. The van der Waals surface area contributed by atoms with Crippen molar-refractivity contribution < 1.29 is 32.7 Å². The van der Waals surface area contributed by atoms with Crippen molar-refractivity contribution in [2.45, 2.75) is 45.0 Å².